The van der Waals surface area contributed by atoms with E-state index in [9.17, 15) is 0 Å². The number of aryl methyl sites for hydroxylation is 2. The van der Waals surface area contributed by atoms with Crippen molar-refractivity contribution < 1.29 is 4.74 Å². The van der Waals surface area contributed by atoms with Crippen LogP contribution in [-0.2, 0) is 13.5 Å². The number of anilines is 1. The zero-order chi connectivity index (χ0) is 19.1. The monoisotopic (exact) mass is 374 g/mol. The van der Waals surface area contributed by atoms with Gasteiger partial charge in [-0.05, 0) is 43.0 Å². The first kappa shape index (κ1) is 16.8. The van der Waals surface area contributed by atoms with E-state index in [0.29, 0.717) is 0 Å². The van der Waals surface area contributed by atoms with Gasteiger partial charge in [0.1, 0.15) is 23.4 Å². The molecular weight excluding hydrogens is 352 g/mol. The zero-order valence-corrected chi connectivity index (χ0v) is 16.0. The molecular formula is C21H22N6O. The summed E-state index contributed by atoms with van der Waals surface area (Å²) < 4.78 is 10.1. The molecule has 3 heterocycles. The minimum Gasteiger partial charge on any atom is -0.486 e. The molecule has 7 heteroatoms. The number of hydrogen-bond donors (Lipinski definition) is 1. The summed E-state index contributed by atoms with van der Waals surface area (Å²) in [6.45, 7) is 0. The van der Waals surface area contributed by atoms with Crippen molar-refractivity contribution in [2.45, 2.75) is 25.4 Å². The molecule has 1 aliphatic carbocycles. The zero-order valence-electron chi connectivity index (χ0n) is 16.0. The molecule has 5 rings (SSSR count). The van der Waals surface area contributed by atoms with Crippen molar-refractivity contribution in [2.24, 2.45) is 7.05 Å². The van der Waals surface area contributed by atoms with Crippen LogP contribution < -0.4 is 10.1 Å². The predicted octanol–water partition coefficient (Wildman–Crippen LogP) is 3.65. The molecule has 0 bridgehead atoms. The number of ether oxygens (including phenoxy) is 1. The maximum absolute atomic E-state index is 6.41. The summed E-state index contributed by atoms with van der Waals surface area (Å²) in [7, 11) is 3.80. The Labute approximate surface area is 163 Å². The Kier molecular flexibility index (Phi) is 4.00. The van der Waals surface area contributed by atoms with E-state index in [1.165, 1.54) is 11.1 Å². The number of hydrogen-bond acceptors (Lipinski definition) is 5. The highest BCUT2D eigenvalue weighted by molar-refractivity contribution is 5.81. The fourth-order valence-electron chi connectivity index (χ4n) is 3.87. The molecule has 0 unspecified atom stereocenters. The number of rotatable bonds is 4. The van der Waals surface area contributed by atoms with E-state index >= 15 is 0 Å². The Morgan fingerprint density at radius 3 is 2.89 bits per heavy atom. The van der Waals surface area contributed by atoms with Gasteiger partial charge in [-0.3, -0.25) is 4.68 Å². The minimum atomic E-state index is 0.0226. The SMILES string of the molecule is CNc1cc2c(cn1)[C@H](Oc1ccc3cnn(-c4cnn(C)c4)c3c1)CCC2. The maximum atomic E-state index is 6.41. The largest absolute Gasteiger partial charge is 0.486 e. The van der Waals surface area contributed by atoms with Crippen molar-refractivity contribution in [1.29, 1.82) is 0 Å². The molecule has 28 heavy (non-hydrogen) atoms. The third-order valence-corrected chi connectivity index (χ3v) is 5.30. The molecule has 0 saturated carbocycles. The summed E-state index contributed by atoms with van der Waals surface area (Å²) in [5.41, 5.74) is 4.44. The lowest BCUT2D eigenvalue weighted by molar-refractivity contribution is 0.183. The fourth-order valence-corrected chi connectivity index (χ4v) is 3.87. The number of fused-ring (bicyclic) bond motifs is 2. The van der Waals surface area contributed by atoms with Gasteiger partial charge in [0.15, 0.2) is 0 Å². The normalized spacial score (nSPS) is 16.1. The average Bonchev–Trinajstić information content (AvgIpc) is 3.33. The number of benzene rings is 1. The van der Waals surface area contributed by atoms with E-state index in [1.807, 2.05) is 49.6 Å². The second-order valence-corrected chi connectivity index (χ2v) is 7.17. The Morgan fingerprint density at radius 1 is 1.14 bits per heavy atom. The van der Waals surface area contributed by atoms with Crippen LogP contribution in [0.3, 0.4) is 0 Å². The van der Waals surface area contributed by atoms with E-state index in [1.54, 1.807) is 4.68 Å². The molecule has 0 aliphatic heterocycles. The van der Waals surface area contributed by atoms with Crippen LogP contribution in [0.2, 0.25) is 0 Å². The maximum Gasteiger partial charge on any atom is 0.125 e. The van der Waals surface area contributed by atoms with E-state index in [2.05, 4.69) is 38.7 Å². The Balaban J connectivity index is 1.48. The highest BCUT2D eigenvalue weighted by Gasteiger charge is 2.23. The summed E-state index contributed by atoms with van der Waals surface area (Å²) in [5, 5.41) is 12.9. The van der Waals surface area contributed by atoms with Crippen LogP contribution in [0.1, 0.15) is 30.1 Å². The number of nitrogens with zero attached hydrogens (tertiary/aromatic N) is 5. The molecule has 0 saturated heterocycles. The second-order valence-electron chi connectivity index (χ2n) is 7.17. The number of nitrogens with one attached hydrogen (secondary N) is 1. The van der Waals surface area contributed by atoms with Gasteiger partial charge in [0.05, 0.1) is 24.1 Å². The molecule has 0 amide bonds. The van der Waals surface area contributed by atoms with Crippen molar-refractivity contribution in [3.63, 3.8) is 0 Å². The lowest BCUT2D eigenvalue weighted by atomic mass is 9.91. The molecule has 1 N–H and O–H groups in total. The molecule has 0 fully saturated rings. The van der Waals surface area contributed by atoms with Gasteiger partial charge in [0.25, 0.3) is 0 Å². The first-order chi connectivity index (χ1) is 13.7. The molecule has 1 aliphatic rings. The van der Waals surface area contributed by atoms with Crippen molar-refractivity contribution in [3.8, 4) is 11.4 Å². The lowest BCUT2D eigenvalue weighted by Crippen LogP contribution is -2.16. The first-order valence-corrected chi connectivity index (χ1v) is 9.51. The van der Waals surface area contributed by atoms with Crippen molar-refractivity contribution in [3.05, 3.63) is 60.2 Å². The average molecular weight is 374 g/mol. The molecule has 0 radical (unpaired) electrons. The molecule has 1 atom stereocenters. The van der Waals surface area contributed by atoms with Gasteiger partial charge in [-0.2, -0.15) is 10.2 Å². The van der Waals surface area contributed by atoms with Gasteiger partial charge < -0.3 is 10.1 Å². The van der Waals surface area contributed by atoms with Crippen LogP contribution in [0.25, 0.3) is 16.6 Å². The van der Waals surface area contributed by atoms with Crippen molar-refractivity contribution in [1.82, 2.24) is 24.5 Å². The van der Waals surface area contributed by atoms with E-state index in [4.69, 9.17) is 4.74 Å². The number of aromatic nitrogens is 5. The van der Waals surface area contributed by atoms with Gasteiger partial charge in [0, 0.05) is 37.3 Å². The standard InChI is InChI=1S/C21H22N6O/c1-22-21-8-14-4-3-5-20(18(14)12-23-21)28-17-7-6-15-10-25-27(19(15)9-17)16-11-24-26(2)13-16/h6-13,20H,3-5H2,1-2H3,(H,22,23)/t20-/m1/s1. The fraction of sp³-hybridized carbons (Fsp3) is 0.286. The molecule has 142 valence electrons. The Hall–Kier alpha value is -3.35. The van der Waals surface area contributed by atoms with Crippen LogP contribution >= 0.6 is 0 Å². The molecule has 4 aromatic rings. The quantitative estimate of drug-likeness (QED) is 0.590. The third-order valence-electron chi connectivity index (χ3n) is 5.30. The van der Waals surface area contributed by atoms with Crippen LogP contribution in [0, 0.1) is 0 Å². The van der Waals surface area contributed by atoms with Gasteiger partial charge in [-0.1, -0.05) is 0 Å². The topological polar surface area (TPSA) is 69.8 Å². The van der Waals surface area contributed by atoms with E-state index < -0.39 is 0 Å². The molecule has 0 spiro atoms. The third kappa shape index (κ3) is 2.89. The highest BCUT2D eigenvalue weighted by atomic mass is 16.5. The van der Waals surface area contributed by atoms with E-state index in [0.717, 1.165) is 47.4 Å². The molecule has 3 aromatic heterocycles. The summed E-state index contributed by atoms with van der Waals surface area (Å²) in [6.07, 6.45) is 10.8. The summed E-state index contributed by atoms with van der Waals surface area (Å²) in [4.78, 5) is 4.49. The van der Waals surface area contributed by atoms with Crippen LogP contribution in [0.15, 0.2) is 49.1 Å². The summed E-state index contributed by atoms with van der Waals surface area (Å²) in [5.74, 6) is 1.75. The van der Waals surface area contributed by atoms with Gasteiger partial charge in [-0.25, -0.2) is 9.67 Å². The van der Waals surface area contributed by atoms with Gasteiger partial charge in [0.2, 0.25) is 0 Å². The number of pyridine rings is 1. The summed E-state index contributed by atoms with van der Waals surface area (Å²) >= 11 is 0. The van der Waals surface area contributed by atoms with Crippen LogP contribution in [0.4, 0.5) is 5.82 Å². The Bertz CT molecular complexity index is 1140. The Morgan fingerprint density at radius 2 is 2.07 bits per heavy atom. The predicted molar refractivity (Wildman–Crippen MR) is 108 cm³/mol. The second kappa shape index (κ2) is 6.67. The van der Waals surface area contributed by atoms with E-state index in [-0.39, 0.29) is 6.10 Å². The van der Waals surface area contributed by atoms with Crippen molar-refractivity contribution >= 4 is 16.7 Å². The van der Waals surface area contributed by atoms with Gasteiger partial charge in [-0.15, -0.1) is 0 Å². The highest BCUT2D eigenvalue weighted by Crippen LogP contribution is 2.35. The van der Waals surface area contributed by atoms with Crippen molar-refractivity contribution in [2.75, 3.05) is 12.4 Å². The smallest absolute Gasteiger partial charge is 0.125 e. The minimum absolute atomic E-state index is 0.0226. The molecule has 1 aromatic carbocycles. The van der Waals surface area contributed by atoms with Crippen LogP contribution in [-0.4, -0.2) is 31.6 Å². The first-order valence-electron chi connectivity index (χ1n) is 9.51. The lowest BCUT2D eigenvalue weighted by Gasteiger charge is -2.26. The van der Waals surface area contributed by atoms with Gasteiger partial charge >= 0.3 is 0 Å². The summed E-state index contributed by atoms with van der Waals surface area (Å²) in [6, 6.07) is 8.25. The van der Waals surface area contributed by atoms with Crippen LogP contribution in [0.5, 0.6) is 5.75 Å². The molecule has 7 nitrogen and oxygen atoms in total.